The molecule has 1 amide bonds. The normalized spacial score (nSPS) is 10.2. The van der Waals surface area contributed by atoms with Crippen LogP contribution in [0.15, 0.2) is 18.5 Å². The first-order valence-corrected chi connectivity index (χ1v) is 6.10. The van der Waals surface area contributed by atoms with Gasteiger partial charge in [-0.2, -0.15) is 5.10 Å². The number of amides is 1. The first-order chi connectivity index (χ1) is 9.99. The Morgan fingerprint density at radius 2 is 2.19 bits per heavy atom. The van der Waals surface area contributed by atoms with Crippen molar-refractivity contribution in [3.8, 4) is 5.75 Å². The summed E-state index contributed by atoms with van der Waals surface area (Å²) in [6.07, 6.45) is 2.60. The average molecular weight is 290 g/mol. The molecule has 8 heteroatoms. The number of nitrogens with one attached hydrogen (secondary N) is 2. The lowest BCUT2D eigenvalue weighted by molar-refractivity contribution is -0.118. The third-order valence-electron chi connectivity index (χ3n) is 2.77. The van der Waals surface area contributed by atoms with Crippen LogP contribution in [0.5, 0.6) is 5.75 Å². The molecule has 0 aliphatic heterocycles. The van der Waals surface area contributed by atoms with Gasteiger partial charge in [0.15, 0.2) is 12.4 Å². The Labute approximate surface area is 120 Å². The SMILES string of the molecule is Cc1n[nH]c(C)c1NC(=O)COc1cnccc1C(=O)O. The molecule has 0 spiro atoms. The number of aromatic amines is 1. The maximum atomic E-state index is 11.8. The molecule has 2 aromatic rings. The van der Waals surface area contributed by atoms with Crippen LogP contribution in [0, 0.1) is 13.8 Å². The third-order valence-corrected chi connectivity index (χ3v) is 2.77. The van der Waals surface area contributed by atoms with Crippen LogP contribution in [0.4, 0.5) is 5.69 Å². The van der Waals surface area contributed by atoms with Crippen LogP contribution in [0.2, 0.25) is 0 Å². The quantitative estimate of drug-likeness (QED) is 0.760. The van der Waals surface area contributed by atoms with E-state index in [1.165, 1.54) is 18.5 Å². The van der Waals surface area contributed by atoms with E-state index in [4.69, 9.17) is 9.84 Å². The second kappa shape index (κ2) is 6.04. The highest BCUT2D eigenvalue weighted by Gasteiger charge is 2.14. The van der Waals surface area contributed by atoms with Crippen LogP contribution >= 0.6 is 0 Å². The smallest absolute Gasteiger partial charge is 0.339 e. The minimum atomic E-state index is -1.14. The molecule has 2 rings (SSSR count). The number of carboxylic acid groups (broad SMARTS) is 1. The number of aromatic carboxylic acids is 1. The van der Waals surface area contributed by atoms with Crippen LogP contribution in [-0.2, 0) is 4.79 Å². The Kier molecular flexibility index (Phi) is 4.17. The fourth-order valence-corrected chi connectivity index (χ4v) is 1.73. The summed E-state index contributed by atoms with van der Waals surface area (Å²) in [6.45, 7) is 3.21. The molecule has 0 bridgehead atoms. The number of carboxylic acids is 1. The maximum absolute atomic E-state index is 11.8. The number of hydrogen-bond acceptors (Lipinski definition) is 5. The van der Waals surface area contributed by atoms with Crippen molar-refractivity contribution in [3.05, 3.63) is 35.4 Å². The van der Waals surface area contributed by atoms with Crippen LogP contribution in [0.1, 0.15) is 21.7 Å². The summed E-state index contributed by atoms with van der Waals surface area (Å²) >= 11 is 0. The topological polar surface area (TPSA) is 117 Å². The first kappa shape index (κ1) is 14.5. The predicted octanol–water partition coefficient (Wildman–Crippen LogP) is 1.14. The molecule has 0 atom stereocenters. The first-order valence-electron chi connectivity index (χ1n) is 6.10. The van der Waals surface area contributed by atoms with Crippen LogP contribution in [0.3, 0.4) is 0 Å². The molecule has 0 aliphatic carbocycles. The molecule has 8 nitrogen and oxygen atoms in total. The highest BCUT2D eigenvalue weighted by molar-refractivity contribution is 5.93. The number of aromatic nitrogens is 3. The molecular formula is C13H14N4O4. The molecule has 0 aromatic carbocycles. The number of H-pyrrole nitrogens is 1. The molecule has 110 valence electrons. The molecule has 0 aliphatic rings. The van der Waals surface area contributed by atoms with Crippen molar-refractivity contribution in [1.29, 1.82) is 0 Å². The second-order valence-electron chi connectivity index (χ2n) is 4.32. The van der Waals surface area contributed by atoms with Crippen LogP contribution < -0.4 is 10.1 Å². The van der Waals surface area contributed by atoms with Gasteiger partial charge in [-0.3, -0.25) is 14.9 Å². The van der Waals surface area contributed by atoms with Crippen molar-refractivity contribution in [1.82, 2.24) is 15.2 Å². The van der Waals surface area contributed by atoms with Gasteiger partial charge in [0.05, 0.1) is 23.3 Å². The molecule has 0 radical (unpaired) electrons. The van der Waals surface area contributed by atoms with E-state index in [-0.39, 0.29) is 17.9 Å². The summed E-state index contributed by atoms with van der Waals surface area (Å²) in [6, 6.07) is 1.31. The van der Waals surface area contributed by atoms with E-state index in [0.29, 0.717) is 11.4 Å². The van der Waals surface area contributed by atoms with Crippen molar-refractivity contribution in [2.24, 2.45) is 0 Å². The number of pyridine rings is 1. The van der Waals surface area contributed by atoms with E-state index in [1.54, 1.807) is 13.8 Å². The number of rotatable bonds is 5. The van der Waals surface area contributed by atoms with Crippen LogP contribution in [-0.4, -0.2) is 38.8 Å². The van der Waals surface area contributed by atoms with Crippen molar-refractivity contribution in [2.75, 3.05) is 11.9 Å². The molecule has 0 unspecified atom stereocenters. The summed E-state index contributed by atoms with van der Waals surface area (Å²) in [7, 11) is 0. The highest BCUT2D eigenvalue weighted by atomic mass is 16.5. The summed E-state index contributed by atoms with van der Waals surface area (Å²) in [5, 5.41) is 18.3. The van der Waals surface area contributed by atoms with Gasteiger partial charge >= 0.3 is 5.97 Å². The van der Waals surface area contributed by atoms with Gasteiger partial charge in [-0.1, -0.05) is 0 Å². The Morgan fingerprint density at radius 1 is 1.43 bits per heavy atom. The number of aryl methyl sites for hydroxylation is 2. The minimum absolute atomic E-state index is 0.0424. The zero-order valence-corrected chi connectivity index (χ0v) is 11.5. The van der Waals surface area contributed by atoms with E-state index in [1.807, 2.05) is 0 Å². The van der Waals surface area contributed by atoms with Gasteiger partial charge in [0.1, 0.15) is 5.56 Å². The molecular weight excluding hydrogens is 276 g/mol. The number of anilines is 1. The number of ether oxygens (including phenoxy) is 1. The van der Waals surface area contributed by atoms with Crippen LogP contribution in [0.25, 0.3) is 0 Å². The lowest BCUT2D eigenvalue weighted by atomic mass is 10.2. The van der Waals surface area contributed by atoms with Gasteiger partial charge in [-0.05, 0) is 19.9 Å². The Bertz CT molecular complexity index is 661. The summed E-state index contributed by atoms with van der Waals surface area (Å²) in [5.74, 6) is -1.52. The zero-order valence-electron chi connectivity index (χ0n) is 11.5. The molecule has 0 fully saturated rings. The van der Waals surface area contributed by atoms with Crippen molar-refractivity contribution in [2.45, 2.75) is 13.8 Å². The Balaban J connectivity index is 2.01. The predicted molar refractivity (Wildman–Crippen MR) is 73.4 cm³/mol. The summed E-state index contributed by atoms with van der Waals surface area (Å²) in [5.41, 5.74) is 1.93. The number of hydrogen-bond donors (Lipinski definition) is 3. The molecule has 0 saturated carbocycles. The van der Waals surface area contributed by atoms with E-state index >= 15 is 0 Å². The fraction of sp³-hybridized carbons (Fsp3) is 0.231. The number of carbonyl (C=O) groups excluding carboxylic acids is 1. The molecule has 0 saturated heterocycles. The maximum Gasteiger partial charge on any atom is 0.339 e. The van der Waals surface area contributed by atoms with Gasteiger partial charge in [0, 0.05) is 6.20 Å². The molecule has 2 aromatic heterocycles. The van der Waals surface area contributed by atoms with Gasteiger partial charge in [-0.15, -0.1) is 0 Å². The van der Waals surface area contributed by atoms with Gasteiger partial charge < -0.3 is 15.2 Å². The van der Waals surface area contributed by atoms with Gasteiger partial charge in [-0.25, -0.2) is 4.79 Å². The standard InChI is InChI=1S/C13H14N4O4/c1-7-12(8(2)17-16-7)15-11(18)6-21-10-5-14-4-3-9(10)13(19)20/h3-5H,6H2,1-2H3,(H,15,18)(H,16,17)(H,19,20). The Morgan fingerprint density at radius 3 is 2.81 bits per heavy atom. The van der Waals surface area contributed by atoms with E-state index in [0.717, 1.165) is 5.69 Å². The molecule has 21 heavy (non-hydrogen) atoms. The van der Waals surface area contributed by atoms with E-state index < -0.39 is 11.9 Å². The lowest BCUT2D eigenvalue weighted by Gasteiger charge is -2.09. The third kappa shape index (κ3) is 3.35. The van der Waals surface area contributed by atoms with Gasteiger partial charge in [0.25, 0.3) is 5.91 Å². The fourth-order valence-electron chi connectivity index (χ4n) is 1.73. The largest absolute Gasteiger partial charge is 0.481 e. The van der Waals surface area contributed by atoms with Crippen molar-refractivity contribution >= 4 is 17.6 Å². The average Bonchev–Trinajstić information content (AvgIpc) is 2.77. The minimum Gasteiger partial charge on any atom is -0.481 e. The zero-order chi connectivity index (χ0) is 15.4. The molecule has 3 N–H and O–H groups in total. The van der Waals surface area contributed by atoms with E-state index in [2.05, 4.69) is 20.5 Å². The number of nitrogens with zero attached hydrogens (tertiary/aromatic N) is 2. The summed E-state index contributed by atoms with van der Waals surface area (Å²) < 4.78 is 5.20. The van der Waals surface area contributed by atoms with Gasteiger partial charge in [0.2, 0.25) is 0 Å². The monoisotopic (exact) mass is 290 g/mol. The Hall–Kier alpha value is -2.90. The van der Waals surface area contributed by atoms with E-state index in [9.17, 15) is 9.59 Å². The molecule has 2 heterocycles. The van der Waals surface area contributed by atoms with Crippen molar-refractivity contribution in [3.63, 3.8) is 0 Å². The number of carbonyl (C=O) groups is 2. The lowest BCUT2D eigenvalue weighted by Crippen LogP contribution is -2.21. The highest BCUT2D eigenvalue weighted by Crippen LogP contribution is 2.18. The van der Waals surface area contributed by atoms with Crippen molar-refractivity contribution < 1.29 is 19.4 Å². The summed E-state index contributed by atoms with van der Waals surface area (Å²) in [4.78, 5) is 26.6. The second-order valence-corrected chi connectivity index (χ2v) is 4.32.